The second-order valence-electron chi connectivity index (χ2n) is 4.60. The highest BCUT2D eigenvalue weighted by molar-refractivity contribution is 5.98. The van der Waals surface area contributed by atoms with E-state index < -0.39 is 17.9 Å². The van der Waals surface area contributed by atoms with Gasteiger partial charge in [-0.05, 0) is 19.4 Å². The number of nitrogens with zero attached hydrogens (tertiary/aromatic N) is 2. The van der Waals surface area contributed by atoms with Crippen LogP contribution in [0.1, 0.15) is 35.8 Å². The molecular formula is C13H16N4O3. The molecule has 3 N–H and O–H groups in total. The molecule has 106 valence electrons. The Hall–Kier alpha value is -2.44. The summed E-state index contributed by atoms with van der Waals surface area (Å²) in [7, 11) is 0. The van der Waals surface area contributed by atoms with Crippen LogP contribution in [0, 0.1) is 6.92 Å². The van der Waals surface area contributed by atoms with Crippen LogP contribution >= 0.6 is 0 Å². The maximum absolute atomic E-state index is 12.1. The summed E-state index contributed by atoms with van der Waals surface area (Å²) in [5.41, 5.74) is 1.66. The van der Waals surface area contributed by atoms with Gasteiger partial charge in [0.25, 0.3) is 5.91 Å². The molecule has 0 aliphatic carbocycles. The number of carbonyl (C=O) groups is 2. The quantitative estimate of drug-likeness (QED) is 0.761. The second-order valence-corrected chi connectivity index (χ2v) is 4.60. The lowest BCUT2D eigenvalue weighted by Crippen LogP contribution is -2.40. The van der Waals surface area contributed by atoms with Crippen molar-refractivity contribution in [2.75, 3.05) is 0 Å². The largest absolute Gasteiger partial charge is 0.480 e. The van der Waals surface area contributed by atoms with E-state index in [1.165, 1.54) is 6.20 Å². The third-order valence-corrected chi connectivity index (χ3v) is 3.04. The molecule has 0 saturated heterocycles. The fraction of sp³-hybridized carbons (Fsp3) is 0.385. The Kier molecular flexibility index (Phi) is 3.97. The van der Waals surface area contributed by atoms with E-state index in [0.717, 1.165) is 11.1 Å². The SMILES string of the molecule is CCCC(NC(=O)c1cnc2n[nH]c(C)c2c1)C(=O)O. The van der Waals surface area contributed by atoms with Crippen LogP contribution in [0.15, 0.2) is 12.3 Å². The Bertz CT molecular complexity index is 650. The average Bonchev–Trinajstić information content (AvgIpc) is 2.79. The third kappa shape index (κ3) is 2.76. The van der Waals surface area contributed by atoms with Gasteiger partial charge < -0.3 is 10.4 Å². The molecule has 1 unspecified atom stereocenters. The molecule has 2 aromatic rings. The van der Waals surface area contributed by atoms with Crippen LogP contribution in [-0.4, -0.2) is 38.2 Å². The van der Waals surface area contributed by atoms with E-state index in [9.17, 15) is 9.59 Å². The third-order valence-electron chi connectivity index (χ3n) is 3.04. The van der Waals surface area contributed by atoms with Gasteiger partial charge in [0.1, 0.15) is 6.04 Å². The van der Waals surface area contributed by atoms with Gasteiger partial charge in [-0.1, -0.05) is 13.3 Å². The van der Waals surface area contributed by atoms with Gasteiger partial charge >= 0.3 is 5.97 Å². The zero-order valence-electron chi connectivity index (χ0n) is 11.3. The summed E-state index contributed by atoms with van der Waals surface area (Å²) in [5.74, 6) is -1.48. The Balaban J connectivity index is 2.22. The molecule has 0 fully saturated rings. The first-order valence-corrected chi connectivity index (χ1v) is 6.37. The van der Waals surface area contributed by atoms with Gasteiger partial charge in [-0.2, -0.15) is 5.10 Å². The molecule has 0 aliphatic rings. The standard InChI is InChI=1S/C13H16N4O3/c1-3-4-10(13(19)20)15-12(18)8-5-9-7(2)16-17-11(9)14-6-8/h5-6,10H,3-4H2,1-2H3,(H,15,18)(H,19,20)(H,14,16,17). The van der Waals surface area contributed by atoms with Gasteiger partial charge in [0.15, 0.2) is 5.65 Å². The summed E-state index contributed by atoms with van der Waals surface area (Å²) in [6.07, 6.45) is 2.46. The van der Waals surface area contributed by atoms with Crippen LogP contribution in [0.2, 0.25) is 0 Å². The predicted octanol–water partition coefficient (Wildman–Crippen LogP) is 1.25. The number of carboxylic acid groups (broad SMARTS) is 1. The molecule has 7 nitrogen and oxygen atoms in total. The van der Waals surface area contributed by atoms with Crippen molar-refractivity contribution in [3.63, 3.8) is 0 Å². The zero-order chi connectivity index (χ0) is 14.7. The first kappa shape index (κ1) is 14.0. The van der Waals surface area contributed by atoms with Crippen molar-refractivity contribution in [1.82, 2.24) is 20.5 Å². The minimum absolute atomic E-state index is 0.323. The van der Waals surface area contributed by atoms with E-state index >= 15 is 0 Å². The summed E-state index contributed by atoms with van der Waals surface area (Å²) in [4.78, 5) is 27.2. The number of pyridine rings is 1. The van der Waals surface area contributed by atoms with Gasteiger partial charge in [0.05, 0.1) is 5.56 Å². The normalized spacial score (nSPS) is 12.3. The van der Waals surface area contributed by atoms with Crippen molar-refractivity contribution in [3.8, 4) is 0 Å². The van der Waals surface area contributed by atoms with Crippen molar-refractivity contribution in [2.45, 2.75) is 32.7 Å². The van der Waals surface area contributed by atoms with Crippen molar-refractivity contribution in [2.24, 2.45) is 0 Å². The molecular weight excluding hydrogens is 260 g/mol. The smallest absolute Gasteiger partial charge is 0.326 e. The van der Waals surface area contributed by atoms with E-state index in [1.54, 1.807) is 6.07 Å². The Morgan fingerprint density at radius 2 is 2.25 bits per heavy atom. The molecule has 0 saturated carbocycles. The van der Waals surface area contributed by atoms with E-state index in [2.05, 4.69) is 20.5 Å². The fourth-order valence-corrected chi connectivity index (χ4v) is 1.93. The Morgan fingerprint density at radius 1 is 1.50 bits per heavy atom. The number of aliphatic carboxylic acids is 1. The number of amides is 1. The van der Waals surface area contributed by atoms with Crippen LogP contribution in [0.25, 0.3) is 11.0 Å². The molecule has 0 spiro atoms. The minimum atomic E-state index is -1.03. The van der Waals surface area contributed by atoms with Gasteiger partial charge in [0.2, 0.25) is 0 Å². The number of carboxylic acids is 1. The molecule has 2 rings (SSSR count). The van der Waals surface area contributed by atoms with Crippen molar-refractivity contribution < 1.29 is 14.7 Å². The molecule has 20 heavy (non-hydrogen) atoms. The number of fused-ring (bicyclic) bond motifs is 1. The number of aromatic nitrogens is 3. The van der Waals surface area contributed by atoms with E-state index in [4.69, 9.17) is 5.11 Å². The number of carbonyl (C=O) groups excluding carboxylic acids is 1. The molecule has 2 aromatic heterocycles. The topological polar surface area (TPSA) is 108 Å². The van der Waals surface area contributed by atoms with Crippen molar-refractivity contribution in [3.05, 3.63) is 23.5 Å². The summed E-state index contributed by atoms with van der Waals surface area (Å²) in [5, 5.41) is 19.0. The molecule has 1 atom stereocenters. The van der Waals surface area contributed by atoms with Gasteiger partial charge in [0, 0.05) is 17.3 Å². The predicted molar refractivity (Wildman–Crippen MR) is 72.4 cm³/mol. The monoisotopic (exact) mass is 276 g/mol. The summed E-state index contributed by atoms with van der Waals surface area (Å²) >= 11 is 0. The summed E-state index contributed by atoms with van der Waals surface area (Å²) < 4.78 is 0. The molecule has 0 bridgehead atoms. The van der Waals surface area contributed by atoms with Gasteiger partial charge in [-0.25, -0.2) is 9.78 Å². The molecule has 0 aliphatic heterocycles. The van der Waals surface area contributed by atoms with Crippen LogP contribution in [-0.2, 0) is 4.79 Å². The van der Waals surface area contributed by atoms with Crippen molar-refractivity contribution in [1.29, 1.82) is 0 Å². The summed E-state index contributed by atoms with van der Waals surface area (Å²) in [6, 6.07) is 0.773. The average molecular weight is 276 g/mol. The second kappa shape index (κ2) is 5.68. The minimum Gasteiger partial charge on any atom is -0.480 e. The first-order chi connectivity index (χ1) is 9.52. The first-order valence-electron chi connectivity index (χ1n) is 6.37. The molecule has 7 heteroatoms. The highest BCUT2D eigenvalue weighted by atomic mass is 16.4. The number of hydrogen-bond acceptors (Lipinski definition) is 4. The number of hydrogen-bond donors (Lipinski definition) is 3. The van der Waals surface area contributed by atoms with Crippen LogP contribution < -0.4 is 5.32 Å². The number of nitrogens with one attached hydrogen (secondary N) is 2. The lowest BCUT2D eigenvalue weighted by atomic mass is 10.1. The lowest BCUT2D eigenvalue weighted by Gasteiger charge is -2.13. The van der Waals surface area contributed by atoms with Crippen LogP contribution in [0.3, 0.4) is 0 Å². The van der Waals surface area contributed by atoms with Gasteiger partial charge in [-0.3, -0.25) is 9.89 Å². The maximum atomic E-state index is 12.1. The number of rotatable bonds is 5. The molecule has 0 radical (unpaired) electrons. The number of H-pyrrole nitrogens is 1. The molecule has 2 heterocycles. The maximum Gasteiger partial charge on any atom is 0.326 e. The lowest BCUT2D eigenvalue weighted by molar-refractivity contribution is -0.139. The zero-order valence-corrected chi connectivity index (χ0v) is 11.3. The Morgan fingerprint density at radius 3 is 2.90 bits per heavy atom. The highest BCUT2D eigenvalue weighted by Gasteiger charge is 2.20. The summed E-state index contributed by atoms with van der Waals surface area (Å²) in [6.45, 7) is 3.69. The van der Waals surface area contributed by atoms with Crippen molar-refractivity contribution >= 4 is 22.9 Å². The van der Waals surface area contributed by atoms with Crippen LogP contribution in [0.5, 0.6) is 0 Å². The van der Waals surface area contributed by atoms with Crippen LogP contribution in [0.4, 0.5) is 0 Å². The molecule has 0 aromatic carbocycles. The van der Waals surface area contributed by atoms with E-state index in [0.29, 0.717) is 24.1 Å². The number of aryl methyl sites for hydroxylation is 1. The van der Waals surface area contributed by atoms with E-state index in [-0.39, 0.29) is 0 Å². The van der Waals surface area contributed by atoms with E-state index in [1.807, 2.05) is 13.8 Å². The number of aromatic amines is 1. The fourth-order valence-electron chi connectivity index (χ4n) is 1.93. The highest BCUT2D eigenvalue weighted by Crippen LogP contribution is 2.14. The Labute approximate surface area is 115 Å². The molecule has 1 amide bonds. The van der Waals surface area contributed by atoms with Gasteiger partial charge in [-0.15, -0.1) is 0 Å².